The summed E-state index contributed by atoms with van der Waals surface area (Å²) in [5.41, 5.74) is 4.41. The van der Waals surface area contributed by atoms with Crippen molar-refractivity contribution in [2.45, 2.75) is 33.7 Å². The van der Waals surface area contributed by atoms with Gasteiger partial charge in [-0.05, 0) is 56.7 Å². The fraction of sp³-hybridized carbons (Fsp3) is 0.240. The van der Waals surface area contributed by atoms with Gasteiger partial charge in [0.05, 0.1) is 11.6 Å². The summed E-state index contributed by atoms with van der Waals surface area (Å²) in [5.74, 6) is -1.03. The van der Waals surface area contributed by atoms with Crippen LogP contribution in [0.1, 0.15) is 57.6 Å². The summed E-state index contributed by atoms with van der Waals surface area (Å²) in [6, 6.07) is 18.3. The van der Waals surface area contributed by atoms with Crippen LogP contribution in [-0.2, 0) is 9.53 Å². The van der Waals surface area contributed by atoms with Gasteiger partial charge in [-0.3, -0.25) is 9.59 Å². The van der Waals surface area contributed by atoms with Gasteiger partial charge in [0.25, 0.3) is 0 Å². The topological polar surface area (TPSA) is 77.4 Å². The standard InChI is InChI=1S/C25H26N2O4/c1-16-14-23(18(3)27(16)17(2)20-8-6-5-7-9-20)24(29)15-31-25(30)21-10-12-22(13-11-21)26-19(4)28/h5-14,17H,15H2,1-4H3,(H,26,28)/t17-/m1/s1. The normalized spacial score (nSPS) is 11.6. The van der Waals surface area contributed by atoms with Crippen LogP contribution in [0.5, 0.6) is 0 Å². The number of ether oxygens (including phenoxy) is 1. The molecule has 1 heterocycles. The van der Waals surface area contributed by atoms with Gasteiger partial charge in [0.15, 0.2) is 6.61 Å². The first-order valence-corrected chi connectivity index (χ1v) is 10.1. The van der Waals surface area contributed by atoms with E-state index < -0.39 is 5.97 Å². The Bertz CT molecular complexity index is 1100. The van der Waals surface area contributed by atoms with Crippen molar-refractivity contribution in [3.05, 3.63) is 88.7 Å². The zero-order valence-electron chi connectivity index (χ0n) is 18.1. The molecule has 0 saturated heterocycles. The second-order valence-electron chi connectivity index (χ2n) is 7.50. The number of amides is 1. The van der Waals surface area contributed by atoms with Crippen LogP contribution in [0, 0.1) is 13.8 Å². The Morgan fingerprint density at radius 1 is 1.00 bits per heavy atom. The molecule has 0 unspecified atom stereocenters. The molecule has 1 aromatic heterocycles. The first-order chi connectivity index (χ1) is 14.8. The maximum Gasteiger partial charge on any atom is 0.338 e. The summed E-state index contributed by atoms with van der Waals surface area (Å²) < 4.78 is 7.35. The Labute approximate surface area is 181 Å². The average Bonchev–Trinajstić information content (AvgIpc) is 3.06. The lowest BCUT2D eigenvalue weighted by atomic mass is 10.1. The first-order valence-electron chi connectivity index (χ1n) is 10.1. The molecule has 6 heteroatoms. The van der Waals surface area contributed by atoms with Crippen molar-refractivity contribution in [3.8, 4) is 0 Å². The van der Waals surface area contributed by atoms with Gasteiger partial charge < -0.3 is 14.6 Å². The number of nitrogens with zero attached hydrogens (tertiary/aromatic N) is 1. The monoisotopic (exact) mass is 418 g/mol. The Morgan fingerprint density at radius 3 is 2.26 bits per heavy atom. The minimum absolute atomic E-state index is 0.0763. The third-order valence-electron chi connectivity index (χ3n) is 5.23. The summed E-state index contributed by atoms with van der Waals surface area (Å²) in [6.45, 7) is 7.03. The Morgan fingerprint density at radius 2 is 1.65 bits per heavy atom. The number of hydrogen-bond acceptors (Lipinski definition) is 4. The van der Waals surface area contributed by atoms with Crippen molar-refractivity contribution >= 4 is 23.3 Å². The van der Waals surface area contributed by atoms with Crippen LogP contribution in [0.4, 0.5) is 5.69 Å². The Balaban J connectivity index is 1.68. The molecule has 1 N–H and O–H groups in total. The number of rotatable bonds is 7. The molecule has 0 aliphatic heterocycles. The second kappa shape index (κ2) is 9.43. The van der Waals surface area contributed by atoms with E-state index in [1.54, 1.807) is 24.3 Å². The highest BCUT2D eigenvalue weighted by atomic mass is 16.5. The predicted octanol–water partition coefficient (Wildman–Crippen LogP) is 4.71. The molecule has 1 atom stereocenters. The number of anilines is 1. The molecule has 31 heavy (non-hydrogen) atoms. The molecule has 160 valence electrons. The second-order valence-corrected chi connectivity index (χ2v) is 7.50. The minimum atomic E-state index is -0.589. The molecule has 1 amide bonds. The van der Waals surface area contributed by atoms with E-state index in [0.29, 0.717) is 16.8 Å². The van der Waals surface area contributed by atoms with Gasteiger partial charge in [-0.1, -0.05) is 30.3 Å². The number of aromatic nitrogens is 1. The van der Waals surface area contributed by atoms with Crippen LogP contribution >= 0.6 is 0 Å². The van der Waals surface area contributed by atoms with Gasteiger partial charge in [0.2, 0.25) is 11.7 Å². The number of carbonyl (C=O) groups excluding carboxylic acids is 3. The number of esters is 1. The van der Waals surface area contributed by atoms with E-state index in [2.05, 4.69) is 28.9 Å². The van der Waals surface area contributed by atoms with E-state index in [0.717, 1.165) is 17.0 Å². The number of nitrogens with one attached hydrogen (secondary N) is 1. The average molecular weight is 418 g/mol. The molecule has 3 aromatic rings. The van der Waals surface area contributed by atoms with Crippen molar-refractivity contribution in [1.29, 1.82) is 0 Å². The molecule has 0 aliphatic carbocycles. The van der Waals surface area contributed by atoms with Gasteiger partial charge in [0.1, 0.15) is 0 Å². The molecule has 0 radical (unpaired) electrons. The van der Waals surface area contributed by atoms with Crippen molar-refractivity contribution in [3.63, 3.8) is 0 Å². The number of aryl methyl sites for hydroxylation is 1. The number of hydrogen-bond donors (Lipinski definition) is 1. The summed E-state index contributed by atoms with van der Waals surface area (Å²) in [6.07, 6.45) is 0. The summed E-state index contributed by atoms with van der Waals surface area (Å²) in [5, 5.41) is 2.63. The van der Waals surface area contributed by atoms with E-state index >= 15 is 0 Å². The lowest BCUT2D eigenvalue weighted by Crippen LogP contribution is -2.16. The molecule has 0 fully saturated rings. The van der Waals surface area contributed by atoms with Gasteiger partial charge in [-0.15, -0.1) is 0 Å². The quantitative estimate of drug-likeness (QED) is 0.445. The number of Topliss-reactive ketones (excluding diaryl/α,β-unsaturated/α-hetero) is 1. The van der Waals surface area contributed by atoms with E-state index in [4.69, 9.17) is 4.74 Å². The van der Waals surface area contributed by atoms with Crippen molar-refractivity contribution in [2.75, 3.05) is 11.9 Å². The SMILES string of the molecule is CC(=O)Nc1ccc(C(=O)OCC(=O)c2cc(C)n([C@H](C)c3ccccc3)c2C)cc1. The number of ketones is 1. The van der Waals surface area contributed by atoms with Crippen LogP contribution in [-0.4, -0.2) is 28.8 Å². The molecule has 3 rings (SSSR count). The summed E-state index contributed by atoms with van der Waals surface area (Å²) in [7, 11) is 0. The van der Waals surface area contributed by atoms with Gasteiger partial charge in [-0.25, -0.2) is 4.79 Å². The zero-order valence-corrected chi connectivity index (χ0v) is 18.1. The van der Waals surface area contributed by atoms with Gasteiger partial charge in [-0.2, -0.15) is 0 Å². The van der Waals surface area contributed by atoms with Crippen molar-refractivity contribution < 1.29 is 19.1 Å². The predicted molar refractivity (Wildman–Crippen MR) is 120 cm³/mol. The van der Waals surface area contributed by atoms with Gasteiger partial charge >= 0.3 is 5.97 Å². The smallest absolute Gasteiger partial charge is 0.338 e. The summed E-state index contributed by atoms with van der Waals surface area (Å²) in [4.78, 5) is 36.1. The van der Waals surface area contributed by atoms with E-state index in [9.17, 15) is 14.4 Å². The zero-order chi connectivity index (χ0) is 22.5. The van der Waals surface area contributed by atoms with Crippen LogP contribution in [0.15, 0.2) is 60.7 Å². The third kappa shape index (κ3) is 5.09. The maximum atomic E-state index is 12.8. The van der Waals surface area contributed by atoms with Crippen LogP contribution in [0.3, 0.4) is 0 Å². The Kier molecular flexibility index (Phi) is 6.70. The fourth-order valence-electron chi connectivity index (χ4n) is 3.72. The summed E-state index contributed by atoms with van der Waals surface area (Å²) >= 11 is 0. The van der Waals surface area contributed by atoms with Crippen molar-refractivity contribution in [2.24, 2.45) is 0 Å². The lowest BCUT2D eigenvalue weighted by molar-refractivity contribution is -0.114. The fourth-order valence-corrected chi connectivity index (χ4v) is 3.72. The van der Waals surface area contributed by atoms with Crippen molar-refractivity contribution in [1.82, 2.24) is 4.57 Å². The molecule has 2 aromatic carbocycles. The molecule has 6 nitrogen and oxygen atoms in total. The van der Waals surface area contributed by atoms with Crippen LogP contribution in [0.25, 0.3) is 0 Å². The molecule has 0 spiro atoms. The van der Waals surface area contributed by atoms with E-state index in [-0.39, 0.29) is 24.3 Å². The Hall–Kier alpha value is -3.67. The molecule has 0 aliphatic rings. The third-order valence-corrected chi connectivity index (χ3v) is 5.23. The maximum absolute atomic E-state index is 12.8. The molecule has 0 saturated carbocycles. The van der Waals surface area contributed by atoms with Crippen LogP contribution < -0.4 is 5.32 Å². The number of carbonyl (C=O) groups is 3. The molecule has 0 bridgehead atoms. The molecular formula is C25H26N2O4. The van der Waals surface area contributed by atoms with Crippen LogP contribution in [0.2, 0.25) is 0 Å². The molecular weight excluding hydrogens is 392 g/mol. The largest absolute Gasteiger partial charge is 0.454 e. The first kappa shape index (κ1) is 22.0. The highest BCUT2D eigenvalue weighted by molar-refractivity contribution is 6.00. The van der Waals surface area contributed by atoms with Gasteiger partial charge in [0, 0.05) is 29.6 Å². The highest BCUT2D eigenvalue weighted by Crippen LogP contribution is 2.26. The van der Waals surface area contributed by atoms with E-state index in [1.807, 2.05) is 38.1 Å². The lowest BCUT2D eigenvalue weighted by Gasteiger charge is -2.19. The minimum Gasteiger partial charge on any atom is -0.454 e. The van der Waals surface area contributed by atoms with E-state index in [1.165, 1.54) is 6.92 Å². The number of benzene rings is 2. The highest BCUT2D eigenvalue weighted by Gasteiger charge is 2.21.